The Bertz CT molecular complexity index is 2650. The van der Waals surface area contributed by atoms with Crippen molar-refractivity contribution in [2.45, 2.75) is 158 Å². The van der Waals surface area contributed by atoms with Gasteiger partial charge in [-0.05, 0) is 62.3 Å². The van der Waals surface area contributed by atoms with Crippen molar-refractivity contribution in [3.8, 4) is 5.75 Å². The summed E-state index contributed by atoms with van der Waals surface area (Å²) in [5.41, 5.74) is 12.0. The number of aromatic hydroxyl groups is 1. The summed E-state index contributed by atoms with van der Waals surface area (Å²) in [5, 5.41) is 90.0. The van der Waals surface area contributed by atoms with Crippen LogP contribution in [0, 0.1) is 5.92 Å². The Morgan fingerprint density at radius 1 is 0.482 bits per heavy atom. The van der Waals surface area contributed by atoms with Gasteiger partial charge in [0.1, 0.15) is 60.1 Å². The fourth-order valence-corrected chi connectivity index (χ4v) is 8.10. The summed E-state index contributed by atoms with van der Waals surface area (Å²) in [4.78, 5) is 171. The molecule has 0 radical (unpaired) electrons. The molecule has 0 unspecified atom stereocenters. The molecular formula is C53H77N11O20S. The number of phenolic OH excluding ortho intramolecular Hbond substituents is 1. The first-order chi connectivity index (χ1) is 39.9. The van der Waals surface area contributed by atoms with Crippen molar-refractivity contribution in [1.82, 2.24) is 47.9 Å². The molecule has 470 valence electrons. The number of hydrogen-bond acceptors (Lipinski definition) is 19. The lowest BCUT2D eigenvalue weighted by molar-refractivity contribution is -0.142. The van der Waals surface area contributed by atoms with Crippen LogP contribution in [-0.4, -0.2) is 198 Å². The number of nitrogens with two attached hydrogens (primary N) is 2. The summed E-state index contributed by atoms with van der Waals surface area (Å²) in [7, 11) is 0. The molecular weight excluding hydrogens is 1140 g/mol. The van der Waals surface area contributed by atoms with Gasteiger partial charge in [0.15, 0.2) is 0 Å². The van der Waals surface area contributed by atoms with Crippen molar-refractivity contribution in [3.63, 3.8) is 0 Å². The number of aliphatic carboxylic acids is 3. The monoisotopic (exact) mass is 1220 g/mol. The normalized spacial score (nSPS) is 15.6. The van der Waals surface area contributed by atoms with Gasteiger partial charge < -0.3 is 95.1 Å². The minimum Gasteiger partial charge on any atom is -0.508 e. The molecule has 0 aliphatic carbocycles. The molecule has 85 heavy (non-hydrogen) atoms. The van der Waals surface area contributed by atoms with E-state index >= 15 is 0 Å². The second kappa shape index (κ2) is 36.3. The minimum atomic E-state index is -1.94. The Kier molecular flexibility index (Phi) is 31.0. The Hall–Kier alpha value is -8.46. The lowest BCUT2D eigenvalue weighted by Crippen LogP contribution is -2.62. The van der Waals surface area contributed by atoms with Gasteiger partial charge in [0.2, 0.25) is 59.1 Å². The van der Waals surface area contributed by atoms with Crippen LogP contribution in [0.1, 0.15) is 83.8 Å². The number of aliphatic hydroxyl groups is 3. The number of phenols is 1. The van der Waals surface area contributed by atoms with Crippen molar-refractivity contribution in [1.29, 1.82) is 0 Å². The third-order valence-corrected chi connectivity index (χ3v) is 13.5. The van der Waals surface area contributed by atoms with Crippen LogP contribution >= 0.6 is 12.6 Å². The quantitative estimate of drug-likeness (QED) is 0.0279. The average molecular weight is 1220 g/mol. The van der Waals surface area contributed by atoms with Crippen LogP contribution < -0.4 is 59.3 Å². The standard InChI is InChI=1S/C53H77N11O20S/c1-5-25(2)41(55)50(80)64-43(27(4)67)51(81)58-33(17-20-40(72)73)44(74)56-32(16-19-39(70)71)45(75)59-34(21-28-9-7-6-8-10-28)48(78)60-35(22-29-11-13-30(68)14-12-29)47(77)57-31(15-18-38(54)69)46(76)61-36(23-65)49(79)63-42(26(3)66)52(82)62-37(24-85)53(83)84/h6-14,25-27,31-37,41-43,65-68,85H,5,15-24,55H2,1-4H3,(H2,54,69)(H,56,74)(H,57,77)(H,58,81)(H,59,75)(H,60,78)(H,61,76)(H,62,82)(H,63,79)(H,64,80)(H,70,71)(H,72,73)(H,83,84)/t25-,26+,27+,31-,32-,33-,34-,35-,36-,37-,41-,42-,43-/m0/s1. The first-order valence-electron chi connectivity index (χ1n) is 26.8. The number of nitrogens with one attached hydrogen (secondary N) is 9. The first kappa shape index (κ1) is 72.6. The van der Waals surface area contributed by atoms with Crippen LogP contribution in [-0.2, 0) is 75.2 Å². The predicted octanol–water partition coefficient (Wildman–Crippen LogP) is -5.32. The molecule has 0 bridgehead atoms. The third-order valence-electron chi connectivity index (χ3n) is 13.1. The largest absolute Gasteiger partial charge is 0.508 e. The number of carboxylic acid groups (broad SMARTS) is 3. The van der Waals surface area contributed by atoms with Crippen molar-refractivity contribution in [3.05, 3.63) is 65.7 Å². The van der Waals surface area contributed by atoms with Crippen molar-refractivity contribution >= 4 is 89.6 Å². The maximum atomic E-state index is 14.6. The van der Waals surface area contributed by atoms with Gasteiger partial charge >= 0.3 is 17.9 Å². The SMILES string of the molecule is CC[C@H](C)[C@H](N)C(=O)N[C@H](C(=O)N[C@@H](CCC(=O)O)C(=O)N[C@@H](CCC(=O)O)C(=O)N[C@@H](Cc1ccccc1)C(=O)N[C@@H](Cc1ccc(O)cc1)C(=O)N[C@@H](CCC(N)=O)C(=O)N[C@@H](CO)C(=O)N[C@H](C(=O)N[C@@H](CS)C(=O)O)[C@@H](C)O)[C@@H](C)O. The second-order valence-electron chi connectivity index (χ2n) is 19.9. The maximum Gasteiger partial charge on any atom is 0.327 e. The molecule has 2 rings (SSSR count). The van der Waals surface area contributed by atoms with Crippen LogP contribution in [0.25, 0.3) is 0 Å². The van der Waals surface area contributed by atoms with E-state index in [-0.39, 0.29) is 23.7 Å². The lowest BCUT2D eigenvalue weighted by atomic mass is 9.98. The van der Waals surface area contributed by atoms with E-state index in [1.54, 1.807) is 44.2 Å². The number of aliphatic hydroxyl groups excluding tert-OH is 3. The molecule has 0 fully saturated rings. The van der Waals surface area contributed by atoms with Crippen LogP contribution in [0.2, 0.25) is 0 Å². The van der Waals surface area contributed by atoms with Gasteiger partial charge in [-0.25, -0.2) is 4.79 Å². The molecule has 2 aromatic rings. The van der Waals surface area contributed by atoms with Gasteiger partial charge in [-0.1, -0.05) is 62.7 Å². The fraction of sp³-hybridized carbons (Fsp3) is 0.528. The number of carbonyl (C=O) groups excluding carboxylic acids is 10. The van der Waals surface area contributed by atoms with Gasteiger partial charge in [-0.3, -0.25) is 57.5 Å². The molecule has 20 N–H and O–H groups in total. The summed E-state index contributed by atoms with van der Waals surface area (Å²) in [6.45, 7) is 4.46. The first-order valence-corrected chi connectivity index (χ1v) is 27.4. The zero-order chi connectivity index (χ0) is 64.2. The molecule has 13 atom stereocenters. The lowest BCUT2D eigenvalue weighted by Gasteiger charge is -2.28. The number of carbonyl (C=O) groups is 13. The van der Waals surface area contributed by atoms with Gasteiger partial charge in [-0.15, -0.1) is 0 Å². The van der Waals surface area contributed by atoms with E-state index in [1.165, 1.54) is 24.3 Å². The topological polar surface area (TPSA) is 524 Å². The van der Waals surface area contributed by atoms with E-state index < -0.39 is 207 Å². The highest BCUT2D eigenvalue weighted by atomic mass is 32.1. The molecule has 0 spiro atoms. The summed E-state index contributed by atoms with van der Waals surface area (Å²) in [6.07, 6.45) is -7.63. The highest BCUT2D eigenvalue weighted by Crippen LogP contribution is 2.15. The summed E-state index contributed by atoms with van der Waals surface area (Å²) >= 11 is 3.85. The van der Waals surface area contributed by atoms with Gasteiger partial charge in [0, 0.05) is 37.9 Å². The maximum absolute atomic E-state index is 14.6. The molecule has 0 saturated carbocycles. The van der Waals surface area contributed by atoms with E-state index in [4.69, 9.17) is 11.5 Å². The summed E-state index contributed by atoms with van der Waals surface area (Å²) in [5.74, 6) is -16.8. The smallest absolute Gasteiger partial charge is 0.327 e. The average Bonchev–Trinajstić information content (AvgIpc) is 3.66. The molecule has 0 aromatic heterocycles. The van der Waals surface area contributed by atoms with Gasteiger partial charge in [0.25, 0.3) is 0 Å². The van der Waals surface area contributed by atoms with Crippen molar-refractivity contribution in [2.24, 2.45) is 17.4 Å². The van der Waals surface area contributed by atoms with Crippen LogP contribution in [0.15, 0.2) is 54.6 Å². The van der Waals surface area contributed by atoms with E-state index in [1.807, 2.05) is 0 Å². The zero-order valence-electron chi connectivity index (χ0n) is 47.0. The van der Waals surface area contributed by atoms with Crippen LogP contribution in [0.5, 0.6) is 5.75 Å². The second-order valence-corrected chi connectivity index (χ2v) is 20.3. The van der Waals surface area contributed by atoms with Gasteiger partial charge in [-0.2, -0.15) is 12.6 Å². The van der Waals surface area contributed by atoms with E-state index in [0.717, 1.165) is 13.8 Å². The van der Waals surface area contributed by atoms with Crippen LogP contribution in [0.3, 0.4) is 0 Å². The summed E-state index contributed by atoms with van der Waals surface area (Å²) in [6, 6.07) is -4.07. The molecule has 0 heterocycles. The molecule has 0 aliphatic rings. The Morgan fingerprint density at radius 3 is 1.21 bits per heavy atom. The molecule has 0 aliphatic heterocycles. The third kappa shape index (κ3) is 25.5. The number of benzene rings is 2. The van der Waals surface area contributed by atoms with E-state index in [0.29, 0.717) is 12.0 Å². The fourth-order valence-electron chi connectivity index (χ4n) is 7.86. The molecule has 10 amide bonds. The zero-order valence-corrected chi connectivity index (χ0v) is 47.9. The van der Waals surface area contributed by atoms with E-state index in [9.17, 15) is 98.1 Å². The molecule has 0 saturated heterocycles. The van der Waals surface area contributed by atoms with Crippen molar-refractivity contribution < 1.29 is 98.1 Å². The molecule has 2 aromatic carbocycles. The molecule has 32 heteroatoms. The number of carboxylic acids is 3. The number of thiol groups is 1. The Labute approximate surface area is 493 Å². The highest BCUT2D eigenvalue weighted by Gasteiger charge is 2.37. The Morgan fingerprint density at radius 2 is 0.835 bits per heavy atom. The van der Waals surface area contributed by atoms with Gasteiger partial charge in [0.05, 0.1) is 24.9 Å². The Balaban J connectivity index is 2.61. The number of amides is 10. The highest BCUT2D eigenvalue weighted by molar-refractivity contribution is 7.80. The number of primary amides is 1. The summed E-state index contributed by atoms with van der Waals surface area (Å²) < 4.78 is 0. The van der Waals surface area contributed by atoms with Crippen LogP contribution in [0.4, 0.5) is 0 Å². The van der Waals surface area contributed by atoms with E-state index in [2.05, 4.69) is 60.5 Å². The van der Waals surface area contributed by atoms with Crippen molar-refractivity contribution in [2.75, 3.05) is 12.4 Å². The molecule has 31 nitrogen and oxygen atoms in total. The number of hydrogen-bond donors (Lipinski definition) is 19. The predicted molar refractivity (Wildman–Crippen MR) is 301 cm³/mol. The minimum absolute atomic E-state index is 0.206. The number of rotatable bonds is 38.